The van der Waals surface area contributed by atoms with Crippen molar-refractivity contribution in [2.75, 3.05) is 39.3 Å². The van der Waals surface area contributed by atoms with Gasteiger partial charge in [0.25, 0.3) is 0 Å². The van der Waals surface area contributed by atoms with Crippen LogP contribution in [0.2, 0.25) is 0 Å². The molecule has 19 heavy (non-hydrogen) atoms. The minimum Gasteiger partial charge on any atom is -0.330 e. The number of nitrogens with two attached hydrogens (primary N) is 2. The maximum absolute atomic E-state index is 5.34. The molecule has 0 aromatic carbocycles. The summed E-state index contributed by atoms with van der Waals surface area (Å²) in [6.07, 6.45) is 8.61. The molecule has 0 rings (SSSR count). The molecule has 6 N–H and O–H groups in total. The summed E-state index contributed by atoms with van der Waals surface area (Å²) in [5.74, 6) is 0. The molecule has 0 unspecified atom stereocenters. The van der Waals surface area contributed by atoms with Crippen molar-refractivity contribution in [3.05, 3.63) is 0 Å². The highest BCUT2D eigenvalue weighted by Crippen LogP contribution is 1.85. The summed E-state index contributed by atoms with van der Waals surface area (Å²) in [7, 11) is 0. The van der Waals surface area contributed by atoms with Crippen molar-refractivity contribution in [2.24, 2.45) is 11.5 Å². The smallest absolute Gasteiger partial charge is 0.00369 e. The molecule has 0 spiro atoms. The number of rotatable bonds is 13. The van der Waals surface area contributed by atoms with Crippen molar-refractivity contribution in [1.82, 2.24) is 10.6 Å². The van der Waals surface area contributed by atoms with E-state index in [0.717, 1.165) is 45.6 Å². The van der Waals surface area contributed by atoms with Crippen molar-refractivity contribution < 1.29 is 0 Å². The van der Waals surface area contributed by atoms with E-state index in [0.29, 0.717) is 0 Å². The predicted molar refractivity (Wildman–Crippen MR) is 87.5 cm³/mol. The zero-order valence-electron chi connectivity index (χ0n) is 13.3. The Morgan fingerprint density at radius 1 is 0.579 bits per heavy atom. The lowest BCUT2D eigenvalue weighted by Crippen LogP contribution is -2.19. The van der Waals surface area contributed by atoms with Gasteiger partial charge in [-0.3, -0.25) is 0 Å². The largest absolute Gasteiger partial charge is 0.330 e. The first-order chi connectivity index (χ1) is 9.33. The van der Waals surface area contributed by atoms with Gasteiger partial charge in [-0.1, -0.05) is 26.7 Å². The Hall–Kier alpha value is -0.160. The van der Waals surface area contributed by atoms with Gasteiger partial charge in [-0.25, -0.2) is 0 Å². The average molecular weight is 274 g/mol. The molecule has 0 aliphatic rings. The lowest BCUT2D eigenvalue weighted by molar-refractivity contribution is 0.602. The first-order valence-corrected chi connectivity index (χ1v) is 8.14. The van der Waals surface area contributed by atoms with E-state index in [1.807, 2.05) is 0 Å². The molecule has 0 aromatic heterocycles. The number of hydrogen-bond donors (Lipinski definition) is 4. The van der Waals surface area contributed by atoms with E-state index in [2.05, 4.69) is 24.5 Å². The Balaban J connectivity index is 0. The molecule has 0 atom stereocenters. The van der Waals surface area contributed by atoms with E-state index in [9.17, 15) is 0 Å². The summed E-state index contributed by atoms with van der Waals surface area (Å²) in [5.41, 5.74) is 10.6. The molecule has 118 valence electrons. The van der Waals surface area contributed by atoms with Gasteiger partial charge in [0.1, 0.15) is 0 Å². The average Bonchev–Trinajstić information content (AvgIpc) is 2.43. The first kappa shape index (κ1) is 21.1. The van der Waals surface area contributed by atoms with Crippen LogP contribution in [0.15, 0.2) is 0 Å². The van der Waals surface area contributed by atoms with Crippen LogP contribution in [0, 0.1) is 0 Å². The fourth-order valence-corrected chi connectivity index (χ4v) is 1.47. The Labute approximate surface area is 121 Å². The van der Waals surface area contributed by atoms with E-state index in [4.69, 9.17) is 11.5 Å². The summed E-state index contributed by atoms with van der Waals surface area (Å²) in [5, 5.41) is 6.67. The molecule has 0 heterocycles. The highest BCUT2D eigenvalue weighted by Gasteiger charge is 1.85. The topological polar surface area (TPSA) is 76.1 Å². The van der Waals surface area contributed by atoms with Gasteiger partial charge in [0, 0.05) is 0 Å². The molecule has 0 bridgehead atoms. The van der Waals surface area contributed by atoms with Crippen molar-refractivity contribution >= 4 is 0 Å². The zero-order chi connectivity index (χ0) is 14.6. The van der Waals surface area contributed by atoms with Crippen molar-refractivity contribution in [1.29, 1.82) is 0 Å². The van der Waals surface area contributed by atoms with Gasteiger partial charge in [0.05, 0.1) is 0 Å². The van der Waals surface area contributed by atoms with E-state index in [1.54, 1.807) is 0 Å². The summed E-state index contributed by atoms with van der Waals surface area (Å²) in [4.78, 5) is 0. The van der Waals surface area contributed by atoms with E-state index < -0.39 is 0 Å². The van der Waals surface area contributed by atoms with Crippen LogP contribution in [0.1, 0.15) is 58.8 Å². The number of hydrogen-bond acceptors (Lipinski definition) is 4. The molecule has 0 radical (unpaired) electrons. The van der Waals surface area contributed by atoms with Crippen LogP contribution in [-0.4, -0.2) is 39.3 Å². The van der Waals surface area contributed by atoms with E-state index in [1.165, 1.54) is 38.6 Å². The third kappa shape index (κ3) is 27.2. The lowest BCUT2D eigenvalue weighted by Gasteiger charge is -2.01. The van der Waals surface area contributed by atoms with Gasteiger partial charge in [0.15, 0.2) is 0 Å². The van der Waals surface area contributed by atoms with Crippen LogP contribution >= 0.6 is 0 Å². The molecule has 0 saturated heterocycles. The lowest BCUT2D eigenvalue weighted by atomic mass is 10.3. The van der Waals surface area contributed by atoms with Crippen molar-refractivity contribution in [2.45, 2.75) is 58.8 Å². The van der Waals surface area contributed by atoms with Gasteiger partial charge < -0.3 is 22.1 Å². The quantitative estimate of drug-likeness (QED) is 0.387. The molecule has 0 amide bonds. The normalized spacial score (nSPS) is 10.1. The van der Waals surface area contributed by atoms with Crippen LogP contribution in [0.3, 0.4) is 0 Å². The fraction of sp³-hybridized carbons (Fsp3) is 1.00. The zero-order valence-corrected chi connectivity index (χ0v) is 13.3. The van der Waals surface area contributed by atoms with Gasteiger partial charge in [-0.05, 0) is 71.4 Å². The second kappa shape index (κ2) is 23.0. The van der Waals surface area contributed by atoms with Gasteiger partial charge in [-0.15, -0.1) is 0 Å². The molecule has 4 nitrogen and oxygen atoms in total. The molecular formula is C15H38N4. The van der Waals surface area contributed by atoms with Crippen LogP contribution in [-0.2, 0) is 0 Å². The van der Waals surface area contributed by atoms with E-state index >= 15 is 0 Å². The summed E-state index contributed by atoms with van der Waals surface area (Å²) < 4.78 is 0. The summed E-state index contributed by atoms with van der Waals surface area (Å²) in [6, 6.07) is 0. The Bertz CT molecular complexity index is 117. The third-order valence-corrected chi connectivity index (χ3v) is 2.78. The SMILES string of the molecule is CCCCNCCCCN.CCCCNCCCN. The third-order valence-electron chi connectivity index (χ3n) is 2.78. The van der Waals surface area contributed by atoms with Crippen molar-refractivity contribution in [3.8, 4) is 0 Å². The molecule has 0 saturated carbocycles. The molecule has 0 aliphatic heterocycles. The highest BCUT2D eigenvalue weighted by molar-refractivity contribution is 4.48. The molecule has 4 heteroatoms. The van der Waals surface area contributed by atoms with Gasteiger partial charge >= 0.3 is 0 Å². The Kier molecular flexibility index (Phi) is 25.6. The van der Waals surface area contributed by atoms with Gasteiger partial charge in [-0.2, -0.15) is 0 Å². The number of unbranched alkanes of at least 4 members (excludes halogenated alkanes) is 3. The predicted octanol–water partition coefficient (Wildman–Crippen LogP) is 1.84. The number of nitrogens with one attached hydrogen (secondary N) is 2. The molecule has 0 fully saturated rings. The monoisotopic (exact) mass is 274 g/mol. The molecule has 0 aromatic rings. The summed E-state index contributed by atoms with van der Waals surface area (Å²) in [6.45, 7) is 10.6. The second-order valence-corrected chi connectivity index (χ2v) is 4.85. The van der Waals surface area contributed by atoms with Crippen LogP contribution in [0.25, 0.3) is 0 Å². The minimum atomic E-state index is 0.805. The standard InChI is InChI=1S/C8H20N2.C7H18N2/c1-2-3-7-10-8-5-4-6-9;1-2-3-6-9-7-4-5-8/h10H,2-9H2,1H3;9H,2-8H2,1H3. The van der Waals surface area contributed by atoms with Crippen LogP contribution in [0.5, 0.6) is 0 Å². The highest BCUT2D eigenvalue weighted by atomic mass is 14.8. The second-order valence-electron chi connectivity index (χ2n) is 4.85. The fourth-order valence-electron chi connectivity index (χ4n) is 1.47. The van der Waals surface area contributed by atoms with Gasteiger partial charge in [0.2, 0.25) is 0 Å². The summed E-state index contributed by atoms with van der Waals surface area (Å²) >= 11 is 0. The molecule has 0 aliphatic carbocycles. The Morgan fingerprint density at radius 2 is 1.00 bits per heavy atom. The van der Waals surface area contributed by atoms with Crippen molar-refractivity contribution in [3.63, 3.8) is 0 Å². The van der Waals surface area contributed by atoms with Crippen LogP contribution < -0.4 is 22.1 Å². The maximum Gasteiger partial charge on any atom is -0.00369 e. The van der Waals surface area contributed by atoms with Crippen LogP contribution in [0.4, 0.5) is 0 Å². The minimum absolute atomic E-state index is 0.805. The molecular weight excluding hydrogens is 236 g/mol. The maximum atomic E-state index is 5.34. The first-order valence-electron chi connectivity index (χ1n) is 8.14. The van der Waals surface area contributed by atoms with E-state index in [-0.39, 0.29) is 0 Å². The Morgan fingerprint density at radius 3 is 1.42 bits per heavy atom.